The van der Waals surface area contributed by atoms with Gasteiger partial charge in [-0.1, -0.05) is 6.07 Å². The van der Waals surface area contributed by atoms with E-state index in [1.54, 1.807) is 24.3 Å². The molecule has 2 amide bonds. The van der Waals surface area contributed by atoms with Gasteiger partial charge in [0.2, 0.25) is 11.8 Å². The van der Waals surface area contributed by atoms with Crippen molar-refractivity contribution in [1.82, 2.24) is 0 Å². The van der Waals surface area contributed by atoms with E-state index < -0.39 is 35.0 Å². The molecule has 2 aromatic rings. The molecule has 0 radical (unpaired) electrons. The summed E-state index contributed by atoms with van der Waals surface area (Å²) in [6, 6.07) is 8.33. The molecule has 26 heavy (non-hydrogen) atoms. The molecule has 0 aliphatic heterocycles. The molecule has 0 aromatic heterocycles. The third-order valence-corrected chi connectivity index (χ3v) is 3.60. The Labute approximate surface area is 148 Å². The lowest BCUT2D eigenvalue weighted by molar-refractivity contribution is -0.117. The number of ether oxygens (including phenoxy) is 1. The third-order valence-electron chi connectivity index (χ3n) is 3.60. The molecular weight excluding hydrogens is 349 g/mol. The molecule has 0 aliphatic rings. The van der Waals surface area contributed by atoms with Gasteiger partial charge in [0, 0.05) is 31.6 Å². The average molecular weight is 366 g/mol. The number of anilines is 2. The van der Waals surface area contributed by atoms with E-state index in [9.17, 15) is 22.8 Å². The van der Waals surface area contributed by atoms with Gasteiger partial charge in [0.15, 0.2) is 17.5 Å². The van der Waals surface area contributed by atoms with E-state index in [1.807, 2.05) is 0 Å². The van der Waals surface area contributed by atoms with Crippen molar-refractivity contribution in [3.63, 3.8) is 0 Å². The zero-order chi connectivity index (χ0) is 19.3. The number of rotatable bonds is 6. The normalized spacial score (nSPS) is 10.3. The Morgan fingerprint density at radius 2 is 1.85 bits per heavy atom. The van der Waals surface area contributed by atoms with Gasteiger partial charge in [0.05, 0.1) is 12.8 Å². The van der Waals surface area contributed by atoms with E-state index in [4.69, 9.17) is 4.74 Å². The number of hydrogen-bond acceptors (Lipinski definition) is 3. The maximum Gasteiger partial charge on any atom is 0.226 e. The SMILES string of the molecule is COc1cccc(NC(=O)CCN(C(C)=O)c2ccc(F)c(F)c2F)c1. The minimum absolute atomic E-state index is 0.171. The number of amides is 2. The number of carbonyl (C=O) groups excluding carboxylic acids is 2. The highest BCUT2D eigenvalue weighted by molar-refractivity contribution is 5.95. The molecule has 0 saturated heterocycles. The number of halogens is 3. The standard InChI is InChI=1S/C18H17F3N2O3/c1-11(24)23(15-7-6-14(19)17(20)18(15)21)9-8-16(25)22-12-4-3-5-13(10-12)26-2/h3-7,10H,8-9H2,1-2H3,(H,22,25). The summed E-state index contributed by atoms with van der Waals surface area (Å²) in [7, 11) is 1.49. The highest BCUT2D eigenvalue weighted by atomic mass is 19.2. The number of methoxy groups -OCH3 is 1. The summed E-state index contributed by atoms with van der Waals surface area (Å²) in [4.78, 5) is 24.7. The summed E-state index contributed by atoms with van der Waals surface area (Å²) >= 11 is 0. The van der Waals surface area contributed by atoms with Crippen molar-refractivity contribution in [2.24, 2.45) is 0 Å². The van der Waals surface area contributed by atoms with Crippen LogP contribution in [0.1, 0.15) is 13.3 Å². The quantitative estimate of drug-likeness (QED) is 0.796. The maximum atomic E-state index is 13.9. The molecule has 0 fully saturated rings. The first-order valence-electron chi connectivity index (χ1n) is 7.69. The second-order valence-corrected chi connectivity index (χ2v) is 5.40. The molecule has 1 N–H and O–H groups in total. The average Bonchev–Trinajstić information content (AvgIpc) is 2.61. The summed E-state index contributed by atoms with van der Waals surface area (Å²) < 4.78 is 45.4. The fourth-order valence-corrected chi connectivity index (χ4v) is 2.31. The van der Waals surface area contributed by atoms with Crippen LogP contribution in [-0.2, 0) is 9.59 Å². The fourth-order valence-electron chi connectivity index (χ4n) is 2.31. The summed E-state index contributed by atoms with van der Waals surface area (Å²) in [5.41, 5.74) is 0.0633. The van der Waals surface area contributed by atoms with Crippen LogP contribution in [0.25, 0.3) is 0 Å². The van der Waals surface area contributed by atoms with Crippen LogP contribution in [0.15, 0.2) is 36.4 Å². The van der Waals surface area contributed by atoms with Crippen LogP contribution in [0.3, 0.4) is 0 Å². The zero-order valence-electron chi connectivity index (χ0n) is 14.2. The van der Waals surface area contributed by atoms with E-state index in [1.165, 1.54) is 7.11 Å². The number of nitrogens with zero attached hydrogens (tertiary/aromatic N) is 1. The maximum absolute atomic E-state index is 13.9. The first kappa shape index (κ1) is 19.3. The van der Waals surface area contributed by atoms with Crippen LogP contribution in [0, 0.1) is 17.5 Å². The van der Waals surface area contributed by atoms with Gasteiger partial charge in [0.1, 0.15) is 5.75 Å². The third kappa shape index (κ3) is 4.53. The van der Waals surface area contributed by atoms with Crippen LogP contribution < -0.4 is 15.0 Å². The van der Waals surface area contributed by atoms with Gasteiger partial charge in [-0.25, -0.2) is 13.2 Å². The lowest BCUT2D eigenvalue weighted by Crippen LogP contribution is -2.33. The predicted molar refractivity (Wildman–Crippen MR) is 90.6 cm³/mol. The first-order chi connectivity index (χ1) is 12.3. The molecule has 8 heteroatoms. The van der Waals surface area contributed by atoms with Gasteiger partial charge in [-0.15, -0.1) is 0 Å². The molecule has 0 bridgehead atoms. The molecular formula is C18H17F3N2O3. The van der Waals surface area contributed by atoms with Crippen LogP contribution in [0.5, 0.6) is 5.75 Å². The van der Waals surface area contributed by atoms with E-state index in [0.29, 0.717) is 11.4 Å². The van der Waals surface area contributed by atoms with E-state index in [2.05, 4.69) is 5.32 Å². The van der Waals surface area contributed by atoms with Crippen LogP contribution in [-0.4, -0.2) is 25.5 Å². The monoisotopic (exact) mass is 366 g/mol. The molecule has 5 nitrogen and oxygen atoms in total. The largest absolute Gasteiger partial charge is 0.497 e. The molecule has 138 valence electrons. The Hall–Kier alpha value is -3.03. The van der Waals surface area contributed by atoms with Gasteiger partial charge < -0.3 is 15.0 Å². The minimum Gasteiger partial charge on any atom is -0.497 e. The van der Waals surface area contributed by atoms with Crippen molar-refractivity contribution < 1.29 is 27.5 Å². The summed E-state index contributed by atoms with van der Waals surface area (Å²) in [6.07, 6.45) is -0.171. The molecule has 0 atom stereocenters. The first-order valence-corrected chi connectivity index (χ1v) is 7.69. The van der Waals surface area contributed by atoms with Crippen LogP contribution >= 0.6 is 0 Å². The molecule has 0 aliphatic carbocycles. The van der Waals surface area contributed by atoms with Gasteiger partial charge in [0.25, 0.3) is 0 Å². The number of nitrogens with one attached hydrogen (secondary N) is 1. The molecule has 2 aromatic carbocycles. The number of hydrogen-bond donors (Lipinski definition) is 1. The van der Waals surface area contributed by atoms with Crippen molar-refractivity contribution >= 4 is 23.2 Å². The van der Waals surface area contributed by atoms with Crippen molar-refractivity contribution in [2.75, 3.05) is 23.9 Å². The summed E-state index contributed by atoms with van der Waals surface area (Å²) in [6.45, 7) is 0.938. The highest BCUT2D eigenvalue weighted by Gasteiger charge is 2.21. The Bertz CT molecular complexity index is 827. The molecule has 0 heterocycles. The van der Waals surface area contributed by atoms with Gasteiger partial charge >= 0.3 is 0 Å². The molecule has 2 rings (SSSR count). The lowest BCUT2D eigenvalue weighted by atomic mass is 10.2. The smallest absolute Gasteiger partial charge is 0.226 e. The van der Waals surface area contributed by atoms with Gasteiger partial charge in [-0.2, -0.15) is 0 Å². The minimum atomic E-state index is -1.67. The van der Waals surface area contributed by atoms with Crippen molar-refractivity contribution in [3.8, 4) is 5.75 Å². The second-order valence-electron chi connectivity index (χ2n) is 5.40. The van der Waals surface area contributed by atoms with Crippen molar-refractivity contribution in [2.45, 2.75) is 13.3 Å². The summed E-state index contributed by atoms with van der Waals surface area (Å²) in [5.74, 6) is -5.00. The zero-order valence-corrected chi connectivity index (χ0v) is 14.2. The second kappa shape index (κ2) is 8.37. The van der Waals surface area contributed by atoms with Crippen LogP contribution in [0.2, 0.25) is 0 Å². The van der Waals surface area contributed by atoms with Gasteiger partial charge in [-0.05, 0) is 24.3 Å². The van der Waals surface area contributed by atoms with E-state index in [0.717, 1.165) is 24.0 Å². The van der Waals surface area contributed by atoms with Crippen molar-refractivity contribution in [3.05, 3.63) is 53.8 Å². The van der Waals surface area contributed by atoms with Crippen LogP contribution in [0.4, 0.5) is 24.5 Å². The molecule has 0 unspecified atom stereocenters. The van der Waals surface area contributed by atoms with E-state index >= 15 is 0 Å². The Morgan fingerprint density at radius 3 is 2.50 bits per heavy atom. The summed E-state index contributed by atoms with van der Waals surface area (Å²) in [5, 5.41) is 2.61. The predicted octanol–water partition coefficient (Wildman–Crippen LogP) is 3.49. The number of benzene rings is 2. The molecule has 0 spiro atoms. The number of carbonyl (C=O) groups is 2. The van der Waals surface area contributed by atoms with E-state index in [-0.39, 0.29) is 13.0 Å². The van der Waals surface area contributed by atoms with Gasteiger partial charge in [-0.3, -0.25) is 9.59 Å². The lowest BCUT2D eigenvalue weighted by Gasteiger charge is -2.21. The Balaban J connectivity index is 2.08. The fraction of sp³-hybridized carbons (Fsp3) is 0.222. The molecule has 0 saturated carbocycles. The van der Waals surface area contributed by atoms with Crippen molar-refractivity contribution in [1.29, 1.82) is 0 Å². The topological polar surface area (TPSA) is 58.6 Å². The highest BCUT2D eigenvalue weighted by Crippen LogP contribution is 2.24. The Kier molecular flexibility index (Phi) is 6.21. The Morgan fingerprint density at radius 1 is 1.12 bits per heavy atom.